The van der Waals surface area contributed by atoms with Crippen LogP contribution in [0.15, 0.2) is 6.07 Å². The molecule has 0 fully saturated rings. The van der Waals surface area contributed by atoms with Gasteiger partial charge in [0, 0.05) is 7.05 Å². The van der Waals surface area contributed by atoms with Crippen LogP contribution in [0, 0.1) is 0 Å². The highest BCUT2D eigenvalue weighted by Gasteiger charge is 2.23. The zero-order valence-electron chi connectivity index (χ0n) is 12.4. The van der Waals surface area contributed by atoms with Gasteiger partial charge in [0.25, 0.3) is 0 Å². The van der Waals surface area contributed by atoms with Crippen molar-refractivity contribution in [3.05, 3.63) is 16.8 Å². The summed E-state index contributed by atoms with van der Waals surface area (Å²) < 4.78 is 16.2. The largest absolute Gasteiger partial charge is 0.481 e. The lowest BCUT2D eigenvalue weighted by Crippen LogP contribution is -2.09. The molecule has 2 heterocycles. The van der Waals surface area contributed by atoms with Gasteiger partial charge in [-0.1, -0.05) is 11.6 Å². The van der Waals surface area contributed by atoms with Gasteiger partial charge in [-0.25, -0.2) is 4.79 Å². The summed E-state index contributed by atoms with van der Waals surface area (Å²) in [5.41, 5.74) is 0.0806. The van der Waals surface area contributed by atoms with Crippen molar-refractivity contribution >= 4 is 29.3 Å². The number of rotatable bonds is 5. The van der Waals surface area contributed by atoms with Crippen molar-refractivity contribution in [2.75, 3.05) is 26.6 Å². The zero-order valence-corrected chi connectivity index (χ0v) is 13.1. The molecule has 0 amide bonds. The number of carbonyl (C=O) groups is 1. The van der Waals surface area contributed by atoms with Crippen LogP contribution >= 0.6 is 11.6 Å². The van der Waals surface area contributed by atoms with Crippen LogP contribution in [0.1, 0.15) is 10.4 Å². The number of aryl methyl sites for hydroxylation is 1. The molecule has 0 unspecified atom stereocenters. The number of esters is 1. The predicted molar refractivity (Wildman–Crippen MR) is 78.0 cm³/mol. The van der Waals surface area contributed by atoms with E-state index in [1.807, 2.05) is 0 Å². The topological polar surface area (TPSA) is 100 Å². The number of aromatic nitrogens is 4. The molecule has 9 nitrogen and oxygen atoms in total. The van der Waals surface area contributed by atoms with Crippen molar-refractivity contribution in [2.24, 2.45) is 7.05 Å². The van der Waals surface area contributed by atoms with Crippen LogP contribution < -0.4 is 14.8 Å². The Balaban J connectivity index is 2.45. The Hall–Kier alpha value is -2.55. The van der Waals surface area contributed by atoms with E-state index < -0.39 is 5.97 Å². The predicted octanol–water partition coefficient (Wildman–Crippen LogP) is 1.41. The monoisotopic (exact) mass is 327 g/mol. The van der Waals surface area contributed by atoms with Gasteiger partial charge >= 0.3 is 5.97 Å². The van der Waals surface area contributed by atoms with Gasteiger partial charge in [0.05, 0.1) is 27.4 Å². The molecule has 0 spiro atoms. The smallest absolute Gasteiger partial charge is 0.344 e. The van der Waals surface area contributed by atoms with Crippen LogP contribution in [0.3, 0.4) is 0 Å². The Labute approximate surface area is 131 Å². The van der Waals surface area contributed by atoms with E-state index in [0.29, 0.717) is 11.8 Å². The van der Waals surface area contributed by atoms with Gasteiger partial charge in [0.2, 0.25) is 17.7 Å². The zero-order chi connectivity index (χ0) is 16.3. The second-order valence-corrected chi connectivity index (χ2v) is 4.39. The molecule has 22 heavy (non-hydrogen) atoms. The molecule has 1 N–H and O–H groups in total. The standard InChI is InChI=1S/C12H14ClN5O4/c1-18-10(8(9(13)17-18)11(19)22-4)16-12-14-6(20-2)5-7(15-12)21-3/h5H,1-4H3,(H,14,15,16). The van der Waals surface area contributed by atoms with Gasteiger partial charge in [-0.05, 0) is 0 Å². The highest BCUT2D eigenvalue weighted by Crippen LogP contribution is 2.27. The van der Waals surface area contributed by atoms with Gasteiger partial charge < -0.3 is 19.5 Å². The van der Waals surface area contributed by atoms with Crippen molar-refractivity contribution < 1.29 is 19.0 Å². The Morgan fingerprint density at radius 1 is 1.23 bits per heavy atom. The van der Waals surface area contributed by atoms with Crippen LogP contribution in [0.2, 0.25) is 5.15 Å². The molecule has 0 aromatic carbocycles. The summed E-state index contributed by atoms with van der Waals surface area (Å²) in [5.74, 6) is 0.396. The van der Waals surface area contributed by atoms with Gasteiger partial charge in [-0.3, -0.25) is 4.68 Å². The van der Waals surface area contributed by atoms with Gasteiger partial charge in [-0.15, -0.1) is 0 Å². The molecule has 0 bridgehead atoms. The summed E-state index contributed by atoms with van der Waals surface area (Å²) in [4.78, 5) is 20.0. The third kappa shape index (κ3) is 3.03. The van der Waals surface area contributed by atoms with Crippen molar-refractivity contribution in [2.45, 2.75) is 0 Å². The lowest BCUT2D eigenvalue weighted by atomic mass is 10.3. The second-order valence-electron chi connectivity index (χ2n) is 4.03. The average molecular weight is 328 g/mol. The summed E-state index contributed by atoms with van der Waals surface area (Å²) in [6.45, 7) is 0. The normalized spacial score (nSPS) is 10.2. The van der Waals surface area contributed by atoms with Crippen molar-refractivity contribution in [3.63, 3.8) is 0 Å². The molecule has 0 aliphatic rings. The molecule has 10 heteroatoms. The first kappa shape index (κ1) is 15.8. The van der Waals surface area contributed by atoms with E-state index in [1.54, 1.807) is 7.05 Å². The molecule has 0 saturated heterocycles. The molecular formula is C12H14ClN5O4. The van der Waals surface area contributed by atoms with Crippen LogP contribution in [0.5, 0.6) is 11.8 Å². The summed E-state index contributed by atoms with van der Waals surface area (Å²) in [7, 11) is 5.79. The molecule has 0 radical (unpaired) electrons. The van der Waals surface area contributed by atoms with E-state index in [4.69, 9.17) is 25.8 Å². The first-order chi connectivity index (χ1) is 10.5. The van der Waals surface area contributed by atoms with Gasteiger partial charge in [0.15, 0.2) is 5.15 Å². The molecule has 118 valence electrons. The Bertz CT molecular complexity index is 681. The number of hydrogen-bond acceptors (Lipinski definition) is 8. The fraction of sp³-hybridized carbons (Fsp3) is 0.333. The number of halogens is 1. The number of nitrogens with one attached hydrogen (secondary N) is 1. The minimum atomic E-state index is -0.629. The third-order valence-corrected chi connectivity index (χ3v) is 2.99. The molecule has 2 rings (SSSR count). The molecule has 0 aliphatic heterocycles. The van der Waals surface area contributed by atoms with Gasteiger partial charge in [0.1, 0.15) is 11.4 Å². The Morgan fingerprint density at radius 2 is 1.82 bits per heavy atom. The summed E-state index contributed by atoms with van der Waals surface area (Å²) >= 11 is 5.94. The molecular weight excluding hydrogens is 314 g/mol. The van der Waals surface area contributed by atoms with E-state index in [9.17, 15) is 4.79 Å². The molecule has 0 aliphatic carbocycles. The Morgan fingerprint density at radius 3 is 2.32 bits per heavy atom. The maximum absolute atomic E-state index is 11.8. The number of carbonyl (C=O) groups excluding carboxylic acids is 1. The van der Waals surface area contributed by atoms with Crippen LogP contribution in [-0.4, -0.2) is 47.0 Å². The number of nitrogens with zero attached hydrogens (tertiary/aromatic N) is 4. The van der Waals surface area contributed by atoms with E-state index in [1.165, 1.54) is 32.1 Å². The van der Waals surface area contributed by atoms with E-state index in [-0.39, 0.29) is 22.5 Å². The van der Waals surface area contributed by atoms with Crippen molar-refractivity contribution in [3.8, 4) is 11.8 Å². The summed E-state index contributed by atoms with van der Waals surface area (Å²) in [5, 5.41) is 6.83. The van der Waals surface area contributed by atoms with E-state index in [0.717, 1.165) is 0 Å². The number of anilines is 2. The maximum atomic E-state index is 11.8. The number of methoxy groups -OCH3 is 3. The highest BCUT2D eigenvalue weighted by molar-refractivity contribution is 6.33. The fourth-order valence-electron chi connectivity index (χ4n) is 1.69. The van der Waals surface area contributed by atoms with Crippen molar-refractivity contribution in [1.82, 2.24) is 19.7 Å². The number of ether oxygens (including phenoxy) is 3. The lowest BCUT2D eigenvalue weighted by Gasteiger charge is -2.09. The first-order valence-electron chi connectivity index (χ1n) is 6.05. The number of hydrogen-bond donors (Lipinski definition) is 1. The van der Waals surface area contributed by atoms with E-state index in [2.05, 4.69) is 20.4 Å². The molecule has 2 aromatic heterocycles. The van der Waals surface area contributed by atoms with E-state index >= 15 is 0 Å². The Kier molecular flexibility index (Phi) is 4.66. The van der Waals surface area contributed by atoms with Crippen LogP contribution in [0.4, 0.5) is 11.8 Å². The molecule has 0 saturated carbocycles. The molecule has 0 atom stereocenters. The third-order valence-electron chi connectivity index (χ3n) is 2.72. The average Bonchev–Trinajstić information content (AvgIpc) is 2.80. The summed E-state index contributed by atoms with van der Waals surface area (Å²) in [6, 6.07) is 1.52. The van der Waals surface area contributed by atoms with Crippen LogP contribution in [-0.2, 0) is 11.8 Å². The fourth-order valence-corrected chi connectivity index (χ4v) is 1.97. The second kappa shape index (κ2) is 6.48. The SMILES string of the molecule is COC(=O)c1c(Cl)nn(C)c1Nc1nc(OC)cc(OC)n1. The quantitative estimate of drug-likeness (QED) is 0.823. The summed E-state index contributed by atoms with van der Waals surface area (Å²) in [6.07, 6.45) is 0. The molecule has 2 aromatic rings. The minimum absolute atomic E-state index is 0.00621. The van der Waals surface area contributed by atoms with Crippen molar-refractivity contribution in [1.29, 1.82) is 0 Å². The van der Waals surface area contributed by atoms with Crippen LogP contribution in [0.25, 0.3) is 0 Å². The lowest BCUT2D eigenvalue weighted by molar-refractivity contribution is 0.0602. The van der Waals surface area contributed by atoms with Gasteiger partial charge in [-0.2, -0.15) is 15.1 Å². The first-order valence-corrected chi connectivity index (χ1v) is 6.42. The maximum Gasteiger partial charge on any atom is 0.344 e. The highest BCUT2D eigenvalue weighted by atomic mass is 35.5. The minimum Gasteiger partial charge on any atom is -0.481 e.